The maximum absolute atomic E-state index is 12.5. The molecule has 0 bridgehead atoms. The number of nitrogens with two attached hydrogens (primary N) is 1. The number of hydrogen-bond acceptors (Lipinski definition) is 6. The van der Waals surface area contributed by atoms with Crippen LogP contribution in [0.5, 0.6) is 0 Å². The normalized spacial score (nSPS) is 47.3. The topological polar surface area (TPSA) is 109 Å². The molecule has 0 spiro atoms. The average Bonchev–Trinajstić information content (AvgIpc) is 3.08. The molecule has 6 rings (SSSR count). The fourth-order valence-corrected chi connectivity index (χ4v) is 9.73. The summed E-state index contributed by atoms with van der Waals surface area (Å²) in [5, 5.41) is 15.5. The Morgan fingerprint density at radius 2 is 1.92 bits per heavy atom. The molecule has 0 radical (unpaired) electrons. The summed E-state index contributed by atoms with van der Waals surface area (Å²) in [6.07, 6.45) is 10.8. The molecule has 4 aliphatic carbocycles. The molecular formula is C29H43N3O4. The van der Waals surface area contributed by atoms with E-state index in [-0.39, 0.29) is 40.2 Å². The van der Waals surface area contributed by atoms with Crippen molar-refractivity contribution in [2.45, 2.75) is 95.2 Å². The maximum Gasteiger partial charge on any atom is 0.335 e. The number of fused-ring (bicyclic) bond motifs is 4. The van der Waals surface area contributed by atoms with Crippen LogP contribution >= 0.6 is 0 Å². The Bertz CT molecular complexity index is 1050. The Morgan fingerprint density at radius 1 is 1.08 bits per heavy atom. The Labute approximate surface area is 214 Å². The summed E-state index contributed by atoms with van der Waals surface area (Å²) >= 11 is 0. The van der Waals surface area contributed by atoms with Gasteiger partial charge in [-0.05, 0) is 98.5 Å². The summed E-state index contributed by atoms with van der Waals surface area (Å²) in [7, 11) is 0. The Hall–Kier alpha value is -1.70. The van der Waals surface area contributed by atoms with Crippen LogP contribution in [0.1, 0.15) is 83.1 Å². The van der Waals surface area contributed by atoms with Crippen molar-refractivity contribution in [3.05, 3.63) is 34.4 Å². The highest BCUT2D eigenvalue weighted by Crippen LogP contribution is 2.67. The summed E-state index contributed by atoms with van der Waals surface area (Å²) < 4.78 is 5.23. The first-order chi connectivity index (χ1) is 17.2. The van der Waals surface area contributed by atoms with Crippen molar-refractivity contribution in [2.24, 2.45) is 34.3 Å². The van der Waals surface area contributed by atoms with Crippen molar-refractivity contribution in [3.63, 3.8) is 0 Å². The molecule has 1 amide bonds. The number of nitrogens with one attached hydrogen (secondary N) is 1. The van der Waals surface area contributed by atoms with Crippen LogP contribution < -0.4 is 16.7 Å². The highest BCUT2D eigenvalue weighted by atomic mass is 16.4. The van der Waals surface area contributed by atoms with E-state index in [1.165, 1.54) is 6.07 Å². The first-order valence-electron chi connectivity index (χ1n) is 14.2. The van der Waals surface area contributed by atoms with Crippen LogP contribution in [0.25, 0.3) is 0 Å². The quantitative estimate of drug-likeness (QED) is 0.580. The summed E-state index contributed by atoms with van der Waals surface area (Å²) in [6.45, 7) is 6.90. The largest absolute Gasteiger partial charge is 0.431 e. The molecule has 5 fully saturated rings. The Morgan fingerprint density at radius 3 is 2.67 bits per heavy atom. The second-order valence-electron chi connectivity index (χ2n) is 13.2. The maximum atomic E-state index is 12.5. The van der Waals surface area contributed by atoms with Gasteiger partial charge in [0.15, 0.2) is 0 Å². The number of hydrogen-bond donors (Lipinski definition) is 3. The summed E-state index contributed by atoms with van der Waals surface area (Å²) in [4.78, 5) is 26.0. The minimum Gasteiger partial charge on any atom is -0.431 e. The van der Waals surface area contributed by atoms with Crippen LogP contribution in [-0.4, -0.2) is 53.2 Å². The van der Waals surface area contributed by atoms with E-state index in [0.29, 0.717) is 24.4 Å². The zero-order valence-electron chi connectivity index (χ0n) is 21.9. The summed E-state index contributed by atoms with van der Waals surface area (Å²) in [5.74, 6) is 1.40. The molecule has 1 aromatic heterocycles. The van der Waals surface area contributed by atoms with Crippen LogP contribution in [0.4, 0.5) is 0 Å². The van der Waals surface area contributed by atoms with Gasteiger partial charge < -0.3 is 20.6 Å². The van der Waals surface area contributed by atoms with Crippen LogP contribution in [0.2, 0.25) is 0 Å². The first kappa shape index (κ1) is 24.6. The molecule has 7 heteroatoms. The van der Waals surface area contributed by atoms with Gasteiger partial charge in [-0.3, -0.25) is 9.69 Å². The van der Waals surface area contributed by atoms with E-state index in [1.807, 2.05) is 6.07 Å². The van der Waals surface area contributed by atoms with Crippen molar-refractivity contribution in [2.75, 3.05) is 19.6 Å². The lowest BCUT2D eigenvalue weighted by molar-refractivity contribution is -0.158. The summed E-state index contributed by atoms with van der Waals surface area (Å²) in [6, 6.07) is 3.95. The van der Waals surface area contributed by atoms with Gasteiger partial charge in [-0.15, -0.1) is 0 Å². The zero-order valence-corrected chi connectivity index (χ0v) is 21.9. The van der Waals surface area contributed by atoms with Crippen molar-refractivity contribution in [1.29, 1.82) is 0 Å². The third kappa shape index (κ3) is 3.56. The Kier molecular flexibility index (Phi) is 5.93. The van der Waals surface area contributed by atoms with Gasteiger partial charge in [-0.25, -0.2) is 4.79 Å². The second kappa shape index (κ2) is 8.67. The number of amides is 1. The third-order valence-corrected chi connectivity index (χ3v) is 12.0. The number of piperazine rings is 1. The molecule has 7 nitrogen and oxygen atoms in total. The van der Waals surface area contributed by atoms with E-state index in [2.05, 4.69) is 24.1 Å². The number of carbonyl (C=O) groups excluding carboxylic acids is 1. The molecule has 36 heavy (non-hydrogen) atoms. The SMILES string of the molecule is C[C@]12CCC(N3CCNC(=O)C3)C[C@H]1CC[C@@H]1C(CC[C@]3(C)[C@@H](c4ccc(=O)oc4)CC[C@]13O)C2N. The van der Waals surface area contributed by atoms with Crippen LogP contribution in [0, 0.1) is 28.6 Å². The van der Waals surface area contributed by atoms with Gasteiger partial charge in [-0.2, -0.15) is 0 Å². The Balaban J connectivity index is 1.26. The predicted molar refractivity (Wildman–Crippen MR) is 137 cm³/mol. The molecule has 1 aliphatic heterocycles. The van der Waals surface area contributed by atoms with Crippen molar-refractivity contribution in [3.8, 4) is 0 Å². The van der Waals surface area contributed by atoms with E-state index >= 15 is 0 Å². The fourth-order valence-electron chi connectivity index (χ4n) is 9.73. The van der Waals surface area contributed by atoms with E-state index < -0.39 is 5.60 Å². The second-order valence-corrected chi connectivity index (χ2v) is 13.2. The van der Waals surface area contributed by atoms with E-state index in [9.17, 15) is 14.7 Å². The monoisotopic (exact) mass is 497 g/mol. The highest BCUT2D eigenvalue weighted by molar-refractivity contribution is 5.78. The number of rotatable bonds is 2. The highest BCUT2D eigenvalue weighted by Gasteiger charge is 2.66. The van der Waals surface area contributed by atoms with Gasteiger partial charge >= 0.3 is 5.63 Å². The number of nitrogens with zero attached hydrogens (tertiary/aromatic N) is 1. The minimum atomic E-state index is -0.747. The molecule has 0 aromatic carbocycles. The molecule has 9 atom stereocenters. The van der Waals surface area contributed by atoms with Gasteiger partial charge in [0.05, 0.1) is 18.4 Å². The van der Waals surface area contributed by atoms with E-state index in [4.69, 9.17) is 10.2 Å². The van der Waals surface area contributed by atoms with Gasteiger partial charge in [0.2, 0.25) is 5.91 Å². The molecular weight excluding hydrogens is 454 g/mol. The lowest BCUT2D eigenvalue weighted by atomic mass is 9.51. The zero-order chi connectivity index (χ0) is 25.3. The number of aliphatic hydroxyl groups is 1. The minimum absolute atomic E-state index is 0.0822. The molecule has 4 saturated carbocycles. The molecule has 1 saturated heterocycles. The molecule has 3 unspecified atom stereocenters. The van der Waals surface area contributed by atoms with Gasteiger partial charge in [0.1, 0.15) is 0 Å². The summed E-state index contributed by atoms with van der Waals surface area (Å²) in [5.41, 5.74) is 7.04. The van der Waals surface area contributed by atoms with Crippen LogP contribution in [-0.2, 0) is 4.79 Å². The van der Waals surface area contributed by atoms with Gasteiger partial charge in [0, 0.05) is 36.7 Å². The molecule has 1 aromatic rings. The van der Waals surface area contributed by atoms with Crippen LogP contribution in [0.3, 0.4) is 0 Å². The van der Waals surface area contributed by atoms with Gasteiger partial charge in [-0.1, -0.05) is 13.8 Å². The average molecular weight is 498 g/mol. The lowest BCUT2D eigenvalue weighted by Gasteiger charge is -2.57. The smallest absolute Gasteiger partial charge is 0.335 e. The molecule has 5 aliphatic rings. The number of carbonyl (C=O) groups is 1. The van der Waals surface area contributed by atoms with Gasteiger partial charge in [0.25, 0.3) is 0 Å². The van der Waals surface area contributed by atoms with Crippen molar-refractivity contribution < 1.29 is 14.3 Å². The first-order valence-corrected chi connectivity index (χ1v) is 14.2. The van der Waals surface area contributed by atoms with Crippen molar-refractivity contribution in [1.82, 2.24) is 10.2 Å². The van der Waals surface area contributed by atoms with E-state index in [0.717, 1.165) is 76.4 Å². The molecule has 2 heterocycles. The predicted octanol–water partition coefficient (Wildman–Crippen LogP) is 3.01. The fraction of sp³-hybridized carbons (Fsp3) is 0.793. The molecule has 4 N–H and O–H groups in total. The van der Waals surface area contributed by atoms with E-state index in [1.54, 1.807) is 6.26 Å². The third-order valence-electron chi connectivity index (χ3n) is 12.0. The standard InChI is InChI=1S/C29H43N3O4/c1-27-10-7-20(32-14-13-31-24(33)16-32)15-19(27)4-5-23-21(26(27)30)8-11-28(2)22(9-12-29(23,28)35)18-3-6-25(34)36-17-18/h3,6,17,19-23,26,35H,4-5,7-16,30H2,1-2H3,(H,31,33)/t19-,20?,21?,22-,23-,26?,27+,28-,29+/m1/s1. The lowest BCUT2D eigenvalue weighted by Crippen LogP contribution is -2.61. The molecule has 198 valence electrons. The van der Waals surface area contributed by atoms with Crippen molar-refractivity contribution >= 4 is 5.91 Å². The van der Waals surface area contributed by atoms with Crippen LogP contribution in [0.15, 0.2) is 27.6 Å².